The molecule has 0 aliphatic heterocycles. The van der Waals surface area contributed by atoms with Crippen LogP contribution in [0.2, 0.25) is 0 Å². The molecule has 0 aromatic carbocycles. The van der Waals surface area contributed by atoms with Crippen LogP contribution in [-0.4, -0.2) is 69.1 Å². The van der Waals surface area contributed by atoms with Crippen LogP contribution in [-0.2, 0) is 14.3 Å². The topological polar surface area (TPSA) is 212 Å². The van der Waals surface area contributed by atoms with Crippen LogP contribution in [0.5, 0.6) is 0 Å². The number of ether oxygens (including phenoxy) is 1. The molecule has 0 bridgehead atoms. The molecule has 2 aromatic rings. The third-order valence-electron chi connectivity index (χ3n) is 4.83. The molecule has 0 fully saturated rings. The van der Waals surface area contributed by atoms with E-state index in [1.54, 1.807) is 4.90 Å². The second-order valence-electron chi connectivity index (χ2n) is 7.62. The van der Waals surface area contributed by atoms with E-state index in [1.807, 2.05) is 21.0 Å². The predicted octanol–water partition coefficient (Wildman–Crippen LogP) is 0.0291. The minimum Gasteiger partial charge on any atom is -0.479 e. The summed E-state index contributed by atoms with van der Waals surface area (Å²) in [6.45, 7) is 2.11. The van der Waals surface area contributed by atoms with Gasteiger partial charge in [-0.05, 0) is 25.7 Å². The fourth-order valence-electron chi connectivity index (χ4n) is 3.03. The number of anilines is 1. The molecule has 2 rings (SSSR count). The van der Waals surface area contributed by atoms with E-state index < -0.39 is 23.6 Å². The number of hydrogen-bond donors (Lipinski definition) is 5. The number of esters is 1. The Morgan fingerprint density at radius 3 is 2.62 bits per heavy atom. The van der Waals surface area contributed by atoms with E-state index in [9.17, 15) is 14.7 Å². The maximum atomic E-state index is 12.9. The molecule has 2 heterocycles. The van der Waals surface area contributed by atoms with E-state index >= 15 is 0 Å². The van der Waals surface area contributed by atoms with Gasteiger partial charge in [-0.1, -0.05) is 13.3 Å². The quantitative estimate of drug-likeness (QED) is 0.0958. The number of aliphatic carboxylic acids is 1. The highest BCUT2D eigenvalue weighted by molar-refractivity contribution is 6.03. The van der Waals surface area contributed by atoms with Gasteiger partial charge >= 0.3 is 11.9 Å². The van der Waals surface area contributed by atoms with Crippen LogP contribution in [0.25, 0.3) is 11.2 Å². The number of H-pyrrole nitrogens is 1. The Balaban J connectivity index is 2.32. The Bertz CT molecular complexity index is 971. The molecule has 8 N–H and O–H groups in total. The first-order valence-corrected chi connectivity index (χ1v) is 10.3. The summed E-state index contributed by atoms with van der Waals surface area (Å²) in [6, 6.07) is 0. The number of guanidine groups is 1. The molecule has 0 saturated carbocycles. The number of unbranched alkanes of at least 4 members (excludes halogenated alkanes) is 1. The Morgan fingerprint density at radius 1 is 1.31 bits per heavy atom. The van der Waals surface area contributed by atoms with Crippen LogP contribution in [0.1, 0.15) is 51.0 Å². The first-order chi connectivity index (χ1) is 15.1. The fourth-order valence-corrected chi connectivity index (χ4v) is 3.03. The molecule has 2 aromatic heterocycles. The lowest BCUT2D eigenvalue weighted by Gasteiger charge is -2.26. The monoisotopic (exact) mass is 449 g/mol. The van der Waals surface area contributed by atoms with E-state index in [4.69, 9.17) is 21.9 Å². The molecule has 1 unspecified atom stereocenters. The highest BCUT2D eigenvalue weighted by Gasteiger charge is 2.45. The van der Waals surface area contributed by atoms with Gasteiger partial charge in [0.25, 0.3) is 0 Å². The summed E-state index contributed by atoms with van der Waals surface area (Å²) in [5, 5.41) is 9.64. The molecular weight excluding hydrogens is 418 g/mol. The van der Waals surface area contributed by atoms with Crippen molar-refractivity contribution in [1.29, 1.82) is 0 Å². The zero-order valence-electron chi connectivity index (χ0n) is 18.5. The molecular formula is C19H31N9O4. The number of nitrogens with one attached hydrogen (secondary N) is 1. The van der Waals surface area contributed by atoms with Gasteiger partial charge in [0.15, 0.2) is 29.4 Å². The van der Waals surface area contributed by atoms with Crippen LogP contribution in [0, 0.1) is 0 Å². The zero-order chi connectivity index (χ0) is 23.9. The normalized spacial score (nSPS) is 13.9. The lowest BCUT2D eigenvalue weighted by molar-refractivity contribution is -0.166. The van der Waals surface area contributed by atoms with Crippen molar-refractivity contribution < 1.29 is 19.4 Å². The number of carboxylic acids is 1. The van der Waals surface area contributed by atoms with E-state index in [0.717, 1.165) is 6.42 Å². The van der Waals surface area contributed by atoms with Crippen molar-refractivity contribution in [3.05, 3.63) is 12.2 Å². The summed E-state index contributed by atoms with van der Waals surface area (Å²) in [5.41, 5.74) is 15.3. The van der Waals surface area contributed by atoms with Crippen molar-refractivity contribution in [2.24, 2.45) is 22.2 Å². The van der Waals surface area contributed by atoms with Crippen LogP contribution in [0.15, 0.2) is 11.3 Å². The molecule has 0 aliphatic rings. The Morgan fingerprint density at radius 2 is 2.03 bits per heavy atom. The highest BCUT2D eigenvalue weighted by atomic mass is 16.5. The van der Waals surface area contributed by atoms with E-state index in [0.29, 0.717) is 29.8 Å². The van der Waals surface area contributed by atoms with E-state index in [-0.39, 0.29) is 31.2 Å². The van der Waals surface area contributed by atoms with Crippen molar-refractivity contribution >= 4 is 34.9 Å². The maximum absolute atomic E-state index is 12.9. The first-order valence-electron chi connectivity index (χ1n) is 10.3. The third kappa shape index (κ3) is 5.81. The smallest absolute Gasteiger partial charge is 0.338 e. The van der Waals surface area contributed by atoms with Crippen LogP contribution in [0.4, 0.5) is 5.82 Å². The number of nitrogens with zero attached hydrogens (tertiary/aromatic N) is 5. The van der Waals surface area contributed by atoms with Gasteiger partial charge in [-0.15, -0.1) is 0 Å². The van der Waals surface area contributed by atoms with Crippen LogP contribution >= 0.6 is 0 Å². The number of aliphatic imine (C=N–C) groups is 1. The number of carbonyl (C=O) groups excluding carboxylic acids is 1. The largest absolute Gasteiger partial charge is 0.479 e. The van der Waals surface area contributed by atoms with Crippen LogP contribution < -0.4 is 22.1 Å². The van der Waals surface area contributed by atoms with Gasteiger partial charge in [-0.2, -0.15) is 0 Å². The molecule has 0 radical (unpaired) electrons. The summed E-state index contributed by atoms with van der Waals surface area (Å²) in [4.78, 5) is 46.4. The van der Waals surface area contributed by atoms with Crippen molar-refractivity contribution in [3.8, 4) is 0 Å². The summed E-state index contributed by atoms with van der Waals surface area (Å²) in [7, 11) is 3.62. The minimum absolute atomic E-state index is 0.131. The van der Waals surface area contributed by atoms with Gasteiger partial charge in [0.05, 0.1) is 6.33 Å². The number of fused-ring (bicyclic) bond motifs is 1. The van der Waals surface area contributed by atoms with Crippen molar-refractivity contribution in [2.45, 2.75) is 50.7 Å². The zero-order valence-corrected chi connectivity index (χ0v) is 18.5. The van der Waals surface area contributed by atoms with E-state index in [1.165, 1.54) is 6.33 Å². The number of aromatic nitrogens is 4. The average molecular weight is 450 g/mol. The molecule has 0 aliphatic carbocycles. The number of aromatic amines is 1. The number of carboxylic acid groups (broad SMARTS) is 1. The number of imidazole rings is 1. The lowest BCUT2D eigenvalue weighted by atomic mass is 9.94. The predicted molar refractivity (Wildman–Crippen MR) is 119 cm³/mol. The molecule has 0 amide bonds. The second kappa shape index (κ2) is 10.7. The van der Waals surface area contributed by atoms with Crippen LogP contribution in [0.3, 0.4) is 0 Å². The standard InChI is InChI=1S/C19H31N9O4/c1-4-5-7-11(13-26-14-12(24-10-25-14)15(27-13)28(2)3)32-17(31)19(22,16(29)30)8-6-9-23-18(20)21/h10-11H,4-9,22H2,1-3H3,(H,29,30)(H4,20,21,23)(H,24,25,26,27)/t11?,19-/m1/s1. The SMILES string of the molecule is CCCCC(OC(=O)[C@@](N)(CCCN=C(N)N)C(=O)O)c1nc(N(C)C)c2[nH]cnc2n1. The van der Waals surface area contributed by atoms with Gasteiger partial charge in [0.1, 0.15) is 5.52 Å². The Hall–Kier alpha value is -3.48. The molecule has 2 atom stereocenters. The number of carbonyl (C=O) groups is 2. The van der Waals surface area contributed by atoms with Gasteiger partial charge in [0.2, 0.25) is 5.54 Å². The summed E-state index contributed by atoms with van der Waals surface area (Å²) >= 11 is 0. The average Bonchev–Trinajstić information content (AvgIpc) is 3.21. The van der Waals surface area contributed by atoms with Gasteiger partial charge in [-0.25, -0.2) is 24.5 Å². The van der Waals surface area contributed by atoms with Crippen molar-refractivity contribution in [3.63, 3.8) is 0 Å². The van der Waals surface area contributed by atoms with Gasteiger partial charge in [0, 0.05) is 20.6 Å². The highest BCUT2D eigenvalue weighted by Crippen LogP contribution is 2.28. The van der Waals surface area contributed by atoms with E-state index in [2.05, 4.69) is 24.9 Å². The number of rotatable bonds is 12. The first kappa shape index (κ1) is 24.8. The lowest BCUT2D eigenvalue weighted by Crippen LogP contribution is -2.56. The van der Waals surface area contributed by atoms with Gasteiger partial charge in [-0.3, -0.25) is 4.99 Å². The maximum Gasteiger partial charge on any atom is 0.338 e. The second-order valence-corrected chi connectivity index (χ2v) is 7.62. The summed E-state index contributed by atoms with van der Waals surface area (Å²) in [5.74, 6) is -1.92. The van der Waals surface area contributed by atoms with Crippen molar-refractivity contribution in [2.75, 3.05) is 25.5 Å². The molecule has 176 valence electrons. The molecule has 32 heavy (non-hydrogen) atoms. The fraction of sp³-hybridized carbons (Fsp3) is 0.579. The number of hydrogen-bond acceptors (Lipinski definition) is 9. The number of nitrogens with two attached hydrogens (primary N) is 3. The van der Waals surface area contributed by atoms with Crippen molar-refractivity contribution in [1.82, 2.24) is 19.9 Å². The molecule has 0 spiro atoms. The summed E-state index contributed by atoms with van der Waals surface area (Å²) < 4.78 is 5.59. The molecule has 13 heteroatoms. The minimum atomic E-state index is -2.26. The van der Waals surface area contributed by atoms with Gasteiger partial charge < -0.3 is 36.9 Å². The Labute approximate surface area is 185 Å². The Kier molecular flexibility index (Phi) is 8.29. The third-order valence-corrected chi connectivity index (χ3v) is 4.83. The molecule has 0 saturated heterocycles. The summed E-state index contributed by atoms with van der Waals surface area (Å²) in [6.07, 6.45) is 2.50. The molecule has 13 nitrogen and oxygen atoms in total.